The summed E-state index contributed by atoms with van der Waals surface area (Å²) < 4.78 is 12.7. The van der Waals surface area contributed by atoms with Crippen LogP contribution in [0.2, 0.25) is 0 Å². The van der Waals surface area contributed by atoms with E-state index in [0.29, 0.717) is 19.5 Å². The number of hydrogen-bond donors (Lipinski definition) is 0. The average Bonchev–Trinajstić information content (AvgIpc) is 3.07. The topological polar surface area (TPSA) is 18.5 Å². The van der Waals surface area contributed by atoms with Gasteiger partial charge in [0.25, 0.3) is 0 Å². The molecule has 0 aromatic rings. The maximum atomic E-state index is 5.93. The molecule has 0 saturated heterocycles. The van der Waals surface area contributed by atoms with E-state index in [1.165, 1.54) is 0 Å². The Kier molecular flexibility index (Phi) is 6.49. The molecular formula is C16H22O2Zr. The number of rotatable bonds is 8. The van der Waals surface area contributed by atoms with Gasteiger partial charge in [-0.1, -0.05) is 0 Å². The Bertz CT molecular complexity index is 324. The Balaban J connectivity index is 1.56. The molecule has 19 heavy (non-hydrogen) atoms. The van der Waals surface area contributed by atoms with Crippen LogP contribution in [0, 0.1) is 11.8 Å². The second-order valence-corrected chi connectivity index (χ2v) is 9.80. The fourth-order valence-corrected chi connectivity index (χ4v) is 4.69. The van der Waals surface area contributed by atoms with E-state index in [-0.39, 0.29) is 0 Å². The van der Waals surface area contributed by atoms with E-state index in [1.807, 2.05) is 0 Å². The van der Waals surface area contributed by atoms with E-state index in [2.05, 4.69) is 62.5 Å². The molecule has 2 unspecified atom stereocenters. The zero-order valence-corrected chi connectivity index (χ0v) is 14.1. The van der Waals surface area contributed by atoms with E-state index in [0.717, 1.165) is 13.2 Å². The van der Waals surface area contributed by atoms with Crippen molar-refractivity contribution in [1.82, 2.24) is 0 Å². The average molecular weight is 338 g/mol. The van der Waals surface area contributed by atoms with Crippen LogP contribution >= 0.6 is 0 Å². The van der Waals surface area contributed by atoms with Crippen LogP contribution in [0.5, 0.6) is 0 Å². The van der Waals surface area contributed by atoms with Crippen LogP contribution in [0.3, 0.4) is 0 Å². The number of hydrogen-bond acceptors (Lipinski definition) is 2. The Hall–Kier alpha value is -0.237. The standard InChI is InChI=1S/2C8H11O.Zr/c2*1-2-9-7-8-5-3-4-6-8;/h2*2-6,8H,7H2,1H3;. The predicted octanol–water partition coefficient (Wildman–Crippen LogP) is 3.28. The molecule has 0 aromatic heterocycles. The molecule has 2 atom stereocenters. The Morgan fingerprint density at radius 2 is 1.16 bits per heavy atom. The Morgan fingerprint density at radius 3 is 1.53 bits per heavy atom. The van der Waals surface area contributed by atoms with Crippen LogP contribution < -0.4 is 0 Å². The van der Waals surface area contributed by atoms with Gasteiger partial charge in [-0.3, -0.25) is 0 Å². The molecule has 0 amide bonds. The van der Waals surface area contributed by atoms with Crippen molar-refractivity contribution in [2.45, 2.75) is 21.5 Å². The van der Waals surface area contributed by atoms with E-state index in [4.69, 9.17) is 9.47 Å². The van der Waals surface area contributed by atoms with Crippen molar-refractivity contribution in [3.8, 4) is 0 Å². The van der Waals surface area contributed by atoms with Crippen LogP contribution in [-0.4, -0.2) is 20.8 Å². The minimum absolute atomic E-state index is 0.413. The third-order valence-electron chi connectivity index (χ3n) is 3.20. The Labute approximate surface area is 127 Å². The maximum absolute atomic E-state index is 5.93. The minimum atomic E-state index is -0.648. The van der Waals surface area contributed by atoms with Gasteiger partial charge in [-0.05, 0) is 0 Å². The van der Waals surface area contributed by atoms with Gasteiger partial charge >= 0.3 is 128 Å². The zero-order chi connectivity index (χ0) is 13.5. The van der Waals surface area contributed by atoms with Gasteiger partial charge in [0.2, 0.25) is 0 Å². The van der Waals surface area contributed by atoms with Crippen molar-refractivity contribution >= 4 is 0 Å². The first-order valence-electron chi connectivity index (χ1n) is 6.93. The number of allylic oxidation sites excluding steroid dienone is 4. The summed E-state index contributed by atoms with van der Waals surface area (Å²) in [7, 11) is 0. The summed E-state index contributed by atoms with van der Waals surface area (Å²) in [4.78, 5) is 0. The summed E-state index contributed by atoms with van der Waals surface area (Å²) in [6.45, 7) is 6.03. The van der Waals surface area contributed by atoms with Crippen molar-refractivity contribution in [1.29, 1.82) is 0 Å². The van der Waals surface area contributed by atoms with E-state index in [9.17, 15) is 0 Å². The van der Waals surface area contributed by atoms with Gasteiger partial charge in [0.15, 0.2) is 0 Å². The molecule has 0 spiro atoms. The molecule has 0 saturated carbocycles. The molecule has 0 aromatic carbocycles. The molecule has 0 N–H and O–H groups in total. The molecule has 2 aliphatic rings. The molecule has 2 nitrogen and oxygen atoms in total. The number of ether oxygens (including phenoxy) is 2. The van der Waals surface area contributed by atoms with Gasteiger partial charge in [-0.25, -0.2) is 0 Å². The van der Waals surface area contributed by atoms with Gasteiger partial charge in [0.1, 0.15) is 0 Å². The molecule has 0 radical (unpaired) electrons. The van der Waals surface area contributed by atoms with Crippen LogP contribution in [0.1, 0.15) is 13.8 Å². The molecule has 0 bridgehead atoms. The van der Waals surface area contributed by atoms with Crippen molar-refractivity contribution in [2.24, 2.45) is 11.8 Å². The Morgan fingerprint density at radius 1 is 0.789 bits per heavy atom. The van der Waals surface area contributed by atoms with Crippen molar-refractivity contribution in [2.75, 3.05) is 13.2 Å². The summed E-state index contributed by atoms with van der Waals surface area (Å²) in [6, 6.07) is 0. The second-order valence-electron chi connectivity index (χ2n) is 4.99. The molecule has 0 fully saturated rings. The SMILES string of the molecule is C[CH](OCC1C=CC=C1)[Zr][CH](C)OCC1C=CC=C1. The molecule has 0 aliphatic heterocycles. The molecule has 102 valence electrons. The summed E-state index contributed by atoms with van der Waals surface area (Å²) >= 11 is -0.648. The molecule has 2 aliphatic carbocycles. The monoisotopic (exact) mass is 336 g/mol. The third kappa shape index (κ3) is 5.73. The molecular weight excluding hydrogens is 315 g/mol. The summed E-state index contributed by atoms with van der Waals surface area (Å²) in [6.07, 6.45) is 17.1. The summed E-state index contributed by atoms with van der Waals surface area (Å²) in [5.41, 5.74) is 0. The fourth-order valence-electron chi connectivity index (χ4n) is 2.12. The van der Waals surface area contributed by atoms with Gasteiger partial charge < -0.3 is 0 Å². The van der Waals surface area contributed by atoms with Crippen LogP contribution in [0.4, 0.5) is 0 Å². The zero-order valence-electron chi connectivity index (χ0n) is 11.7. The van der Waals surface area contributed by atoms with Crippen LogP contribution in [0.15, 0.2) is 48.6 Å². The third-order valence-corrected chi connectivity index (χ3v) is 6.33. The second kappa shape index (κ2) is 8.14. The van der Waals surface area contributed by atoms with Gasteiger partial charge in [0, 0.05) is 0 Å². The van der Waals surface area contributed by atoms with Crippen LogP contribution in [-0.2, 0) is 32.7 Å². The van der Waals surface area contributed by atoms with Gasteiger partial charge in [-0.15, -0.1) is 0 Å². The molecule has 2 rings (SSSR count). The van der Waals surface area contributed by atoms with Crippen molar-refractivity contribution in [3.05, 3.63) is 48.6 Å². The summed E-state index contributed by atoms with van der Waals surface area (Å²) in [5, 5.41) is 0. The quantitative estimate of drug-likeness (QED) is 0.677. The van der Waals surface area contributed by atoms with Crippen molar-refractivity contribution in [3.63, 3.8) is 0 Å². The predicted molar refractivity (Wildman–Crippen MR) is 74.4 cm³/mol. The first kappa shape index (κ1) is 15.2. The summed E-state index contributed by atoms with van der Waals surface area (Å²) in [5.74, 6) is 0.957. The first-order chi connectivity index (χ1) is 9.24. The molecule has 3 heteroatoms. The van der Waals surface area contributed by atoms with Gasteiger partial charge in [-0.2, -0.15) is 0 Å². The van der Waals surface area contributed by atoms with E-state index < -0.39 is 23.2 Å². The normalized spacial score (nSPS) is 21.4. The van der Waals surface area contributed by atoms with Gasteiger partial charge in [0.05, 0.1) is 0 Å². The van der Waals surface area contributed by atoms with Crippen LogP contribution in [0.25, 0.3) is 0 Å². The molecule has 0 heterocycles. The first-order valence-corrected chi connectivity index (χ1v) is 9.77. The van der Waals surface area contributed by atoms with E-state index >= 15 is 0 Å². The fraction of sp³-hybridized carbons (Fsp3) is 0.500. The van der Waals surface area contributed by atoms with E-state index in [1.54, 1.807) is 0 Å². The van der Waals surface area contributed by atoms with Crippen molar-refractivity contribution < 1.29 is 32.7 Å².